The standard InChI is InChI=1S/C21H22N2O7/c1-10-17(21(26)29-5)11(2)22-18(10)15(24)9-30-20(25)14-7-12-6-13(27-3)8-16(28-4)19(12)23-14/h6-8,22-23H,9H2,1-5H3. The number of aromatic nitrogens is 2. The van der Waals surface area contributed by atoms with Gasteiger partial charge in [0.2, 0.25) is 5.78 Å². The zero-order valence-electron chi connectivity index (χ0n) is 17.3. The van der Waals surface area contributed by atoms with Crippen LogP contribution in [-0.2, 0) is 9.47 Å². The normalized spacial score (nSPS) is 10.7. The lowest BCUT2D eigenvalue weighted by Gasteiger charge is -2.05. The number of hydrogen-bond donors (Lipinski definition) is 2. The van der Waals surface area contributed by atoms with E-state index in [9.17, 15) is 14.4 Å². The molecule has 2 heterocycles. The quantitative estimate of drug-likeness (QED) is 0.450. The van der Waals surface area contributed by atoms with Gasteiger partial charge in [0.15, 0.2) is 6.61 Å². The largest absolute Gasteiger partial charge is 0.497 e. The van der Waals surface area contributed by atoms with Crippen LogP contribution in [0.1, 0.15) is 42.6 Å². The molecule has 9 heteroatoms. The monoisotopic (exact) mass is 414 g/mol. The second-order valence-electron chi connectivity index (χ2n) is 6.59. The van der Waals surface area contributed by atoms with Gasteiger partial charge >= 0.3 is 11.9 Å². The highest BCUT2D eigenvalue weighted by Gasteiger charge is 2.23. The molecule has 0 bridgehead atoms. The molecule has 2 aromatic heterocycles. The molecule has 158 valence electrons. The maximum Gasteiger partial charge on any atom is 0.355 e. The van der Waals surface area contributed by atoms with E-state index < -0.39 is 24.3 Å². The number of ether oxygens (including phenoxy) is 4. The zero-order chi connectivity index (χ0) is 22.0. The summed E-state index contributed by atoms with van der Waals surface area (Å²) in [5.41, 5.74) is 2.22. The maximum atomic E-state index is 12.5. The topological polar surface area (TPSA) is 120 Å². The zero-order valence-corrected chi connectivity index (χ0v) is 17.3. The Kier molecular flexibility index (Phi) is 5.81. The smallest absolute Gasteiger partial charge is 0.355 e. The molecule has 0 amide bonds. The third-order valence-electron chi connectivity index (χ3n) is 4.78. The molecule has 0 atom stereocenters. The van der Waals surface area contributed by atoms with Gasteiger partial charge in [0.1, 0.15) is 17.2 Å². The van der Waals surface area contributed by atoms with Gasteiger partial charge in [0, 0.05) is 17.1 Å². The lowest BCUT2D eigenvalue weighted by molar-refractivity contribution is 0.0468. The van der Waals surface area contributed by atoms with Crippen LogP contribution in [0.25, 0.3) is 10.9 Å². The summed E-state index contributed by atoms with van der Waals surface area (Å²) in [6.07, 6.45) is 0. The fourth-order valence-electron chi connectivity index (χ4n) is 3.29. The Balaban J connectivity index is 1.77. The Bertz CT molecular complexity index is 1140. The first-order valence-corrected chi connectivity index (χ1v) is 9.03. The predicted octanol–water partition coefficient (Wildman–Crippen LogP) is 2.96. The second kappa shape index (κ2) is 8.32. The Morgan fingerprint density at radius 3 is 2.30 bits per heavy atom. The van der Waals surface area contributed by atoms with Gasteiger partial charge in [-0.05, 0) is 31.5 Å². The van der Waals surface area contributed by atoms with E-state index in [1.54, 1.807) is 32.0 Å². The number of rotatable bonds is 7. The molecule has 0 spiro atoms. The number of fused-ring (bicyclic) bond motifs is 1. The summed E-state index contributed by atoms with van der Waals surface area (Å²) >= 11 is 0. The van der Waals surface area contributed by atoms with Gasteiger partial charge in [-0.3, -0.25) is 4.79 Å². The SMILES string of the molecule is COC(=O)c1c(C)[nH]c(C(=O)COC(=O)c2cc3cc(OC)cc(OC)c3[nH]2)c1C. The summed E-state index contributed by atoms with van der Waals surface area (Å²) < 4.78 is 20.4. The number of Topliss-reactive ketones (excluding diaryl/α,β-unsaturated/α-hetero) is 1. The van der Waals surface area contributed by atoms with Crippen LogP contribution < -0.4 is 9.47 Å². The van der Waals surface area contributed by atoms with E-state index in [2.05, 4.69) is 9.97 Å². The first kappa shape index (κ1) is 21.0. The molecule has 0 aliphatic carbocycles. The maximum absolute atomic E-state index is 12.5. The van der Waals surface area contributed by atoms with Crippen LogP contribution >= 0.6 is 0 Å². The molecular weight excluding hydrogens is 392 g/mol. The Labute approximate surface area is 172 Å². The molecule has 0 aliphatic rings. The van der Waals surface area contributed by atoms with Crippen LogP contribution in [-0.4, -0.2) is 55.6 Å². The number of carbonyl (C=O) groups is 3. The van der Waals surface area contributed by atoms with Gasteiger partial charge in [-0.1, -0.05) is 0 Å². The van der Waals surface area contributed by atoms with E-state index in [4.69, 9.17) is 18.9 Å². The lowest BCUT2D eigenvalue weighted by atomic mass is 10.1. The minimum absolute atomic E-state index is 0.166. The molecule has 0 saturated carbocycles. The minimum atomic E-state index is -0.699. The number of aromatic amines is 2. The number of H-pyrrole nitrogens is 2. The molecule has 0 radical (unpaired) electrons. The summed E-state index contributed by atoms with van der Waals surface area (Å²) in [5, 5.41) is 0.697. The summed E-state index contributed by atoms with van der Waals surface area (Å²) in [6.45, 7) is 2.80. The molecule has 2 N–H and O–H groups in total. The molecule has 0 aliphatic heterocycles. The number of esters is 2. The Morgan fingerprint density at radius 1 is 0.933 bits per heavy atom. The average molecular weight is 414 g/mol. The fourth-order valence-corrected chi connectivity index (χ4v) is 3.29. The van der Waals surface area contributed by atoms with Crippen molar-refractivity contribution in [2.45, 2.75) is 13.8 Å². The summed E-state index contributed by atoms with van der Waals surface area (Å²) in [5.74, 6) is -0.622. The van der Waals surface area contributed by atoms with Crippen molar-refractivity contribution in [3.63, 3.8) is 0 Å². The molecule has 3 aromatic rings. The highest BCUT2D eigenvalue weighted by molar-refractivity contribution is 6.03. The first-order chi connectivity index (χ1) is 14.3. The van der Waals surface area contributed by atoms with Gasteiger partial charge in [0.25, 0.3) is 0 Å². The van der Waals surface area contributed by atoms with Crippen LogP contribution in [0.15, 0.2) is 18.2 Å². The molecule has 30 heavy (non-hydrogen) atoms. The van der Waals surface area contributed by atoms with E-state index >= 15 is 0 Å². The third kappa shape index (κ3) is 3.73. The van der Waals surface area contributed by atoms with E-state index in [0.717, 1.165) is 0 Å². The average Bonchev–Trinajstić information content (AvgIpc) is 3.30. The summed E-state index contributed by atoms with van der Waals surface area (Å²) in [6, 6.07) is 5.02. The van der Waals surface area contributed by atoms with Crippen LogP contribution in [0.4, 0.5) is 0 Å². The van der Waals surface area contributed by atoms with Crippen LogP contribution in [0.2, 0.25) is 0 Å². The van der Waals surface area contributed by atoms with Crippen molar-refractivity contribution < 1.29 is 33.3 Å². The molecular formula is C21H22N2O7. The highest BCUT2D eigenvalue weighted by Crippen LogP contribution is 2.31. The minimum Gasteiger partial charge on any atom is -0.497 e. The van der Waals surface area contributed by atoms with Crippen LogP contribution in [0.5, 0.6) is 11.5 Å². The van der Waals surface area contributed by atoms with Crippen molar-refractivity contribution in [1.82, 2.24) is 9.97 Å². The van der Waals surface area contributed by atoms with Crippen LogP contribution in [0, 0.1) is 13.8 Å². The van der Waals surface area contributed by atoms with Crippen molar-refractivity contribution in [3.8, 4) is 11.5 Å². The molecule has 9 nitrogen and oxygen atoms in total. The second-order valence-corrected chi connectivity index (χ2v) is 6.59. The lowest BCUT2D eigenvalue weighted by Crippen LogP contribution is -2.16. The fraction of sp³-hybridized carbons (Fsp3) is 0.286. The summed E-state index contributed by atoms with van der Waals surface area (Å²) in [7, 11) is 4.31. The van der Waals surface area contributed by atoms with Gasteiger partial charge in [-0.25, -0.2) is 9.59 Å². The van der Waals surface area contributed by atoms with E-state index in [-0.39, 0.29) is 11.4 Å². The number of carbonyl (C=O) groups excluding carboxylic acids is 3. The summed E-state index contributed by atoms with van der Waals surface area (Å²) in [4.78, 5) is 42.6. The molecule has 3 rings (SSSR count). The number of ketones is 1. The van der Waals surface area contributed by atoms with Gasteiger partial charge in [-0.15, -0.1) is 0 Å². The predicted molar refractivity (Wildman–Crippen MR) is 108 cm³/mol. The molecule has 1 aromatic carbocycles. The Hall–Kier alpha value is -3.75. The third-order valence-corrected chi connectivity index (χ3v) is 4.78. The van der Waals surface area contributed by atoms with Crippen molar-refractivity contribution >= 4 is 28.6 Å². The molecule has 0 fully saturated rings. The number of benzene rings is 1. The van der Waals surface area contributed by atoms with Crippen molar-refractivity contribution in [1.29, 1.82) is 0 Å². The van der Waals surface area contributed by atoms with Crippen molar-refractivity contribution in [2.75, 3.05) is 27.9 Å². The van der Waals surface area contributed by atoms with E-state index in [0.29, 0.717) is 39.2 Å². The molecule has 0 unspecified atom stereocenters. The number of nitrogens with one attached hydrogen (secondary N) is 2. The Morgan fingerprint density at radius 2 is 1.67 bits per heavy atom. The first-order valence-electron chi connectivity index (χ1n) is 9.03. The van der Waals surface area contributed by atoms with E-state index in [1.807, 2.05) is 0 Å². The van der Waals surface area contributed by atoms with Gasteiger partial charge in [-0.2, -0.15) is 0 Å². The van der Waals surface area contributed by atoms with Gasteiger partial charge < -0.3 is 28.9 Å². The molecule has 0 saturated heterocycles. The van der Waals surface area contributed by atoms with E-state index in [1.165, 1.54) is 21.3 Å². The number of aryl methyl sites for hydroxylation is 1. The number of hydrogen-bond acceptors (Lipinski definition) is 7. The van der Waals surface area contributed by atoms with Gasteiger partial charge in [0.05, 0.1) is 38.1 Å². The van der Waals surface area contributed by atoms with Crippen molar-refractivity contribution in [2.24, 2.45) is 0 Å². The highest BCUT2D eigenvalue weighted by atomic mass is 16.5. The van der Waals surface area contributed by atoms with Crippen molar-refractivity contribution in [3.05, 3.63) is 46.4 Å². The number of methoxy groups -OCH3 is 3. The van der Waals surface area contributed by atoms with Crippen LogP contribution in [0.3, 0.4) is 0 Å².